The van der Waals surface area contributed by atoms with E-state index in [1.54, 1.807) is 0 Å². The summed E-state index contributed by atoms with van der Waals surface area (Å²) in [5.74, 6) is 0.724. The topological polar surface area (TPSA) is 20.2 Å². The minimum absolute atomic E-state index is 0.229. The lowest BCUT2D eigenvalue weighted by molar-refractivity contribution is 0.119. The molecule has 66 valence electrons. The van der Waals surface area contributed by atoms with Gasteiger partial charge in [0.15, 0.2) is 0 Å². The molecule has 1 rings (SSSR count). The summed E-state index contributed by atoms with van der Waals surface area (Å²) >= 11 is 0. The van der Waals surface area contributed by atoms with E-state index in [4.69, 9.17) is 0 Å². The van der Waals surface area contributed by atoms with Gasteiger partial charge in [0.05, 0.1) is 5.60 Å². The molecule has 0 aromatic carbocycles. The first kappa shape index (κ1) is 9.05. The highest BCUT2D eigenvalue weighted by Gasteiger charge is 2.40. The second-order valence-corrected chi connectivity index (χ2v) is 4.18. The van der Waals surface area contributed by atoms with Gasteiger partial charge in [0.25, 0.3) is 0 Å². The van der Waals surface area contributed by atoms with Crippen LogP contribution in [0.1, 0.15) is 52.4 Å². The quantitative estimate of drug-likeness (QED) is 0.649. The van der Waals surface area contributed by atoms with Crippen LogP contribution in [0.3, 0.4) is 0 Å². The molecule has 0 heterocycles. The van der Waals surface area contributed by atoms with E-state index in [1.807, 2.05) is 0 Å². The van der Waals surface area contributed by atoms with Crippen LogP contribution in [0.25, 0.3) is 0 Å². The van der Waals surface area contributed by atoms with Crippen LogP contribution in [-0.4, -0.2) is 10.7 Å². The predicted molar refractivity (Wildman–Crippen MR) is 47.5 cm³/mol. The highest BCUT2D eigenvalue weighted by atomic mass is 16.3. The van der Waals surface area contributed by atoms with Gasteiger partial charge in [0.2, 0.25) is 0 Å². The zero-order valence-electron chi connectivity index (χ0n) is 7.77. The van der Waals surface area contributed by atoms with Crippen molar-refractivity contribution in [3.05, 3.63) is 0 Å². The van der Waals surface area contributed by atoms with Crippen molar-refractivity contribution in [2.45, 2.75) is 58.0 Å². The fraction of sp³-hybridized carbons (Fsp3) is 1.00. The summed E-state index contributed by atoms with van der Waals surface area (Å²) in [5, 5.41) is 9.60. The molecule has 1 N–H and O–H groups in total. The summed E-state index contributed by atoms with van der Waals surface area (Å²) < 4.78 is 0. The molecule has 0 bridgehead atoms. The van der Waals surface area contributed by atoms with Crippen LogP contribution in [0.5, 0.6) is 0 Å². The molecular weight excluding hydrogens is 136 g/mol. The molecule has 11 heavy (non-hydrogen) atoms. The maximum atomic E-state index is 9.60. The van der Waals surface area contributed by atoms with Crippen molar-refractivity contribution in [3.8, 4) is 0 Å². The van der Waals surface area contributed by atoms with Gasteiger partial charge in [-0.3, -0.25) is 0 Å². The standard InChI is InChI=1S/C10H20O/c1-3-4-5-9(2)8-10(11)6-7-10/h9,11H,3-8H2,1-2H3/t9-/m0/s1. The zero-order valence-corrected chi connectivity index (χ0v) is 7.77. The number of aliphatic hydroxyl groups is 1. The van der Waals surface area contributed by atoms with Crippen LogP contribution in [-0.2, 0) is 0 Å². The molecule has 0 saturated heterocycles. The van der Waals surface area contributed by atoms with Gasteiger partial charge in [0.1, 0.15) is 0 Å². The lowest BCUT2D eigenvalue weighted by Crippen LogP contribution is -2.12. The minimum Gasteiger partial charge on any atom is -0.390 e. The van der Waals surface area contributed by atoms with Crippen molar-refractivity contribution in [1.29, 1.82) is 0 Å². The Bertz CT molecular complexity index is 116. The highest BCUT2D eigenvalue weighted by Crippen LogP contribution is 2.41. The minimum atomic E-state index is -0.229. The average Bonchev–Trinajstić information content (AvgIpc) is 2.63. The SMILES string of the molecule is CCCC[C@H](C)CC1(O)CC1. The molecular formula is C10H20O. The van der Waals surface area contributed by atoms with Crippen molar-refractivity contribution in [2.75, 3.05) is 0 Å². The summed E-state index contributed by atoms with van der Waals surface area (Å²) in [4.78, 5) is 0. The van der Waals surface area contributed by atoms with Gasteiger partial charge in [-0.05, 0) is 25.2 Å². The Morgan fingerprint density at radius 3 is 2.55 bits per heavy atom. The second-order valence-electron chi connectivity index (χ2n) is 4.18. The molecule has 0 radical (unpaired) electrons. The molecule has 0 amide bonds. The van der Waals surface area contributed by atoms with E-state index in [-0.39, 0.29) is 5.60 Å². The number of rotatable bonds is 5. The average molecular weight is 156 g/mol. The highest BCUT2D eigenvalue weighted by molar-refractivity contribution is 4.94. The van der Waals surface area contributed by atoms with E-state index in [0.717, 1.165) is 25.2 Å². The van der Waals surface area contributed by atoms with E-state index in [2.05, 4.69) is 13.8 Å². The Morgan fingerprint density at radius 2 is 2.09 bits per heavy atom. The van der Waals surface area contributed by atoms with Crippen molar-refractivity contribution in [3.63, 3.8) is 0 Å². The first-order valence-electron chi connectivity index (χ1n) is 4.89. The molecule has 1 saturated carbocycles. The lowest BCUT2D eigenvalue weighted by atomic mass is 9.96. The summed E-state index contributed by atoms with van der Waals surface area (Å²) in [6.45, 7) is 4.48. The summed E-state index contributed by atoms with van der Waals surface area (Å²) in [6, 6.07) is 0. The first-order chi connectivity index (χ1) is 5.16. The summed E-state index contributed by atoms with van der Waals surface area (Å²) in [5.41, 5.74) is -0.229. The van der Waals surface area contributed by atoms with Crippen molar-refractivity contribution in [1.82, 2.24) is 0 Å². The molecule has 0 aromatic rings. The summed E-state index contributed by atoms with van der Waals surface area (Å²) in [6.07, 6.45) is 7.01. The van der Waals surface area contributed by atoms with Crippen molar-refractivity contribution >= 4 is 0 Å². The molecule has 1 nitrogen and oxygen atoms in total. The van der Waals surface area contributed by atoms with E-state index >= 15 is 0 Å². The number of unbranched alkanes of at least 4 members (excludes halogenated alkanes) is 1. The van der Waals surface area contributed by atoms with Gasteiger partial charge in [-0.1, -0.05) is 33.1 Å². The van der Waals surface area contributed by atoms with Gasteiger partial charge in [-0.2, -0.15) is 0 Å². The van der Waals surface area contributed by atoms with Crippen LogP contribution >= 0.6 is 0 Å². The number of hydrogen-bond donors (Lipinski definition) is 1. The van der Waals surface area contributed by atoms with E-state index in [1.165, 1.54) is 19.3 Å². The summed E-state index contributed by atoms with van der Waals surface area (Å²) in [7, 11) is 0. The molecule has 0 aliphatic heterocycles. The predicted octanol–water partition coefficient (Wildman–Crippen LogP) is 2.73. The molecule has 1 aliphatic carbocycles. The molecule has 1 atom stereocenters. The lowest BCUT2D eigenvalue weighted by Gasteiger charge is -2.14. The van der Waals surface area contributed by atoms with Crippen LogP contribution in [0.2, 0.25) is 0 Å². The Morgan fingerprint density at radius 1 is 1.45 bits per heavy atom. The fourth-order valence-corrected chi connectivity index (χ4v) is 1.65. The van der Waals surface area contributed by atoms with Gasteiger partial charge >= 0.3 is 0 Å². The van der Waals surface area contributed by atoms with E-state index in [0.29, 0.717) is 0 Å². The van der Waals surface area contributed by atoms with Crippen LogP contribution in [0, 0.1) is 5.92 Å². The maximum absolute atomic E-state index is 9.60. The van der Waals surface area contributed by atoms with Crippen LogP contribution < -0.4 is 0 Å². The normalized spacial score (nSPS) is 23.2. The first-order valence-corrected chi connectivity index (χ1v) is 4.89. The van der Waals surface area contributed by atoms with E-state index < -0.39 is 0 Å². The molecule has 0 unspecified atom stereocenters. The fourth-order valence-electron chi connectivity index (χ4n) is 1.65. The Labute approximate surface area is 69.8 Å². The van der Waals surface area contributed by atoms with Crippen LogP contribution in [0.4, 0.5) is 0 Å². The Kier molecular flexibility index (Phi) is 2.94. The third-order valence-electron chi connectivity index (χ3n) is 2.61. The molecule has 1 fully saturated rings. The Hall–Kier alpha value is -0.0400. The van der Waals surface area contributed by atoms with Crippen LogP contribution in [0.15, 0.2) is 0 Å². The molecule has 1 heteroatoms. The molecule has 1 aliphatic rings. The van der Waals surface area contributed by atoms with Gasteiger partial charge < -0.3 is 5.11 Å². The third kappa shape index (κ3) is 3.24. The maximum Gasteiger partial charge on any atom is 0.0652 e. The van der Waals surface area contributed by atoms with Gasteiger partial charge in [0, 0.05) is 0 Å². The second kappa shape index (κ2) is 3.57. The third-order valence-corrected chi connectivity index (χ3v) is 2.61. The monoisotopic (exact) mass is 156 g/mol. The van der Waals surface area contributed by atoms with Gasteiger partial charge in [-0.15, -0.1) is 0 Å². The van der Waals surface area contributed by atoms with Crippen molar-refractivity contribution < 1.29 is 5.11 Å². The largest absolute Gasteiger partial charge is 0.390 e. The smallest absolute Gasteiger partial charge is 0.0652 e. The number of hydrogen-bond acceptors (Lipinski definition) is 1. The zero-order chi connectivity index (χ0) is 8.32. The van der Waals surface area contributed by atoms with Crippen molar-refractivity contribution in [2.24, 2.45) is 5.92 Å². The molecule has 0 spiro atoms. The molecule has 0 aromatic heterocycles. The van der Waals surface area contributed by atoms with Gasteiger partial charge in [-0.25, -0.2) is 0 Å². The Balaban J connectivity index is 2.05. The van der Waals surface area contributed by atoms with E-state index in [9.17, 15) is 5.11 Å².